The first-order valence-corrected chi connectivity index (χ1v) is 3.74. The SMILES string of the molecule is COc1ccc([C@@H](C)N)c(F)c1. The van der Waals surface area contributed by atoms with E-state index in [1.165, 1.54) is 13.2 Å². The van der Waals surface area contributed by atoms with Crippen molar-refractivity contribution in [1.29, 1.82) is 0 Å². The predicted molar refractivity (Wildman–Crippen MR) is 45.6 cm³/mol. The number of nitrogens with two attached hydrogens (primary N) is 1. The number of hydrogen-bond acceptors (Lipinski definition) is 2. The highest BCUT2D eigenvalue weighted by molar-refractivity contribution is 5.30. The molecule has 1 atom stereocenters. The maximum absolute atomic E-state index is 13.1. The highest BCUT2D eigenvalue weighted by Gasteiger charge is 2.06. The molecule has 0 aliphatic heterocycles. The van der Waals surface area contributed by atoms with Gasteiger partial charge in [-0.15, -0.1) is 0 Å². The van der Waals surface area contributed by atoms with Crippen molar-refractivity contribution in [3.05, 3.63) is 29.6 Å². The van der Waals surface area contributed by atoms with Gasteiger partial charge in [-0.2, -0.15) is 0 Å². The molecule has 1 aromatic carbocycles. The zero-order valence-corrected chi connectivity index (χ0v) is 7.17. The van der Waals surface area contributed by atoms with Gasteiger partial charge in [0.15, 0.2) is 0 Å². The second-order valence-electron chi connectivity index (χ2n) is 2.68. The van der Waals surface area contributed by atoms with E-state index in [1.54, 1.807) is 19.1 Å². The lowest BCUT2D eigenvalue weighted by Crippen LogP contribution is -2.07. The van der Waals surface area contributed by atoms with Gasteiger partial charge in [0.25, 0.3) is 0 Å². The average molecular weight is 169 g/mol. The number of ether oxygens (including phenoxy) is 1. The molecule has 0 aromatic heterocycles. The minimum Gasteiger partial charge on any atom is -0.497 e. The van der Waals surface area contributed by atoms with Crippen LogP contribution in [0.15, 0.2) is 18.2 Å². The molecule has 0 heterocycles. The number of benzene rings is 1. The van der Waals surface area contributed by atoms with Crippen LogP contribution >= 0.6 is 0 Å². The van der Waals surface area contributed by atoms with Crippen molar-refractivity contribution in [2.45, 2.75) is 13.0 Å². The van der Waals surface area contributed by atoms with Crippen LogP contribution < -0.4 is 10.5 Å². The zero-order valence-electron chi connectivity index (χ0n) is 7.17. The molecular weight excluding hydrogens is 157 g/mol. The summed E-state index contributed by atoms with van der Waals surface area (Å²) < 4.78 is 18.0. The summed E-state index contributed by atoms with van der Waals surface area (Å²) in [5.74, 6) is 0.196. The lowest BCUT2D eigenvalue weighted by Gasteiger charge is -2.07. The Morgan fingerprint density at radius 2 is 2.17 bits per heavy atom. The van der Waals surface area contributed by atoms with Gasteiger partial charge in [0.1, 0.15) is 11.6 Å². The molecule has 1 aromatic rings. The Labute approximate surface area is 71.1 Å². The van der Waals surface area contributed by atoms with Crippen LogP contribution in [0.3, 0.4) is 0 Å². The van der Waals surface area contributed by atoms with Crippen LogP contribution in [0.5, 0.6) is 5.75 Å². The summed E-state index contributed by atoms with van der Waals surface area (Å²) in [6.45, 7) is 1.74. The number of hydrogen-bond donors (Lipinski definition) is 1. The maximum Gasteiger partial charge on any atom is 0.131 e. The molecule has 2 nitrogen and oxygen atoms in total. The molecule has 0 fully saturated rings. The van der Waals surface area contributed by atoms with Gasteiger partial charge in [0, 0.05) is 17.7 Å². The van der Waals surface area contributed by atoms with E-state index in [1.807, 2.05) is 0 Å². The molecule has 3 heteroatoms. The zero-order chi connectivity index (χ0) is 9.14. The topological polar surface area (TPSA) is 35.2 Å². The Bertz CT molecular complexity index is 273. The average Bonchev–Trinajstić information content (AvgIpc) is 2.03. The minimum absolute atomic E-state index is 0.282. The van der Waals surface area contributed by atoms with E-state index >= 15 is 0 Å². The fraction of sp³-hybridized carbons (Fsp3) is 0.333. The van der Waals surface area contributed by atoms with Crippen LogP contribution in [-0.2, 0) is 0 Å². The number of rotatable bonds is 2. The van der Waals surface area contributed by atoms with Crippen LogP contribution in [-0.4, -0.2) is 7.11 Å². The number of halogens is 1. The molecule has 0 amide bonds. The molecule has 0 saturated heterocycles. The van der Waals surface area contributed by atoms with Crippen molar-refractivity contribution in [2.75, 3.05) is 7.11 Å². The van der Waals surface area contributed by atoms with Crippen LogP contribution in [0.1, 0.15) is 18.5 Å². The monoisotopic (exact) mass is 169 g/mol. The smallest absolute Gasteiger partial charge is 0.131 e. The first-order chi connectivity index (χ1) is 5.65. The number of methoxy groups -OCH3 is 1. The molecule has 0 saturated carbocycles. The molecule has 0 spiro atoms. The Kier molecular flexibility index (Phi) is 2.65. The van der Waals surface area contributed by atoms with Gasteiger partial charge >= 0.3 is 0 Å². The van der Waals surface area contributed by atoms with Crippen LogP contribution in [0.4, 0.5) is 4.39 Å². The quantitative estimate of drug-likeness (QED) is 0.733. The van der Waals surface area contributed by atoms with Crippen molar-refractivity contribution in [1.82, 2.24) is 0 Å². The molecule has 1 rings (SSSR count). The van der Waals surface area contributed by atoms with Gasteiger partial charge in [-0.3, -0.25) is 0 Å². The molecule has 0 aliphatic rings. The first kappa shape index (κ1) is 9.00. The second kappa shape index (κ2) is 3.54. The van der Waals surface area contributed by atoms with E-state index in [4.69, 9.17) is 10.5 Å². The molecule has 0 radical (unpaired) electrons. The molecular formula is C9H12FNO. The first-order valence-electron chi connectivity index (χ1n) is 3.74. The largest absolute Gasteiger partial charge is 0.497 e. The van der Waals surface area contributed by atoms with Crippen molar-refractivity contribution < 1.29 is 9.13 Å². The summed E-state index contributed by atoms with van der Waals surface area (Å²) in [6.07, 6.45) is 0. The van der Waals surface area contributed by atoms with E-state index < -0.39 is 0 Å². The van der Waals surface area contributed by atoms with E-state index in [2.05, 4.69) is 0 Å². The summed E-state index contributed by atoms with van der Waals surface area (Å²) >= 11 is 0. The fourth-order valence-electron chi connectivity index (χ4n) is 1.00. The third-order valence-corrected chi connectivity index (χ3v) is 1.70. The summed E-state index contributed by atoms with van der Waals surface area (Å²) in [7, 11) is 1.50. The van der Waals surface area contributed by atoms with Crippen molar-refractivity contribution in [2.24, 2.45) is 5.73 Å². The van der Waals surface area contributed by atoms with Gasteiger partial charge in [-0.1, -0.05) is 6.07 Å². The molecule has 0 aliphatic carbocycles. The molecule has 0 unspecified atom stereocenters. The maximum atomic E-state index is 13.1. The van der Waals surface area contributed by atoms with Crippen molar-refractivity contribution >= 4 is 0 Å². The third kappa shape index (κ3) is 1.74. The molecule has 0 bridgehead atoms. The van der Waals surface area contributed by atoms with Crippen LogP contribution in [0.25, 0.3) is 0 Å². The third-order valence-electron chi connectivity index (χ3n) is 1.70. The van der Waals surface area contributed by atoms with Crippen LogP contribution in [0.2, 0.25) is 0 Å². The van der Waals surface area contributed by atoms with Gasteiger partial charge in [0.2, 0.25) is 0 Å². The standard InChI is InChI=1S/C9H12FNO/c1-6(11)8-4-3-7(12-2)5-9(8)10/h3-6H,11H2,1-2H3/t6-/m1/s1. The Balaban J connectivity index is 3.03. The summed E-state index contributed by atoms with van der Waals surface area (Å²) in [4.78, 5) is 0. The lowest BCUT2D eigenvalue weighted by atomic mass is 10.1. The van der Waals surface area contributed by atoms with E-state index in [-0.39, 0.29) is 11.9 Å². The molecule has 12 heavy (non-hydrogen) atoms. The Morgan fingerprint density at radius 3 is 2.58 bits per heavy atom. The summed E-state index contributed by atoms with van der Waals surface area (Å²) in [6, 6.07) is 4.38. The molecule has 2 N–H and O–H groups in total. The summed E-state index contributed by atoms with van der Waals surface area (Å²) in [5.41, 5.74) is 6.04. The highest BCUT2D eigenvalue weighted by atomic mass is 19.1. The van der Waals surface area contributed by atoms with Gasteiger partial charge in [-0.05, 0) is 13.0 Å². The highest BCUT2D eigenvalue weighted by Crippen LogP contribution is 2.19. The van der Waals surface area contributed by atoms with Gasteiger partial charge in [-0.25, -0.2) is 4.39 Å². The predicted octanol–water partition coefficient (Wildman–Crippen LogP) is 1.85. The lowest BCUT2D eigenvalue weighted by molar-refractivity contribution is 0.410. The van der Waals surface area contributed by atoms with E-state index in [9.17, 15) is 4.39 Å². The van der Waals surface area contributed by atoms with Gasteiger partial charge in [0.05, 0.1) is 7.11 Å². The fourth-order valence-corrected chi connectivity index (χ4v) is 1.00. The molecule has 66 valence electrons. The van der Waals surface area contributed by atoms with Crippen molar-refractivity contribution in [3.63, 3.8) is 0 Å². The van der Waals surface area contributed by atoms with Crippen molar-refractivity contribution in [3.8, 4) is 5.75 Å². The van der Waals surface area contributed by atoms with Gasteiger partial charge < -0.3 is 10.5 Å². The Hall–Kier alpha value is -1.09. The van der Waals surface area contributed by atoms with Crippen LogP contribution in [0, 0.1) is 5.82 Å². The Morgan fingerprint density at radius 1 is 1.50 bits per heavy atom. The van der Waals surface area contributed by atoms with E-state index in [0.29, 0.717) is 11.3 Å². The van der Waals surface area contributed by atoms with E-state index in [0.717, 1.165) is 0 Å². The minimum atomic E-state index is -0.315. The normalized spacial score (nSPS) is 12.7. The second-order valence-corrected chi connectivity index (χ2v) is 2.68. The summed E-state index contributed by atoms with van der Waals surface area (Å²) in [5, 5.41) is 0.